The lowest BCUT2D eigenvalue weighted by Crippen LogP contribution is -2.43. The second-order valence-corrected chi connectivity index (χ2v) is 5.14. The highest BCUT2D eigenvalue weighted by atomic mass is 16.5. The molecule has 1 atom stereocenters. The van der Waals surface area contributed by atoms with Crippen LogP contribution in [-0.4, -0.2) is 34.0 Å². The van der Waals surface area contributed by atoms with Gasteiger partial charge >= 0.3 is 0 Å². The van der Waals surface area contributed by atoms with E-state index in [4.69, 9.17) is 4.52 Å². The minimum atomic E-state index is -0.444. The van der Waals surface area contributed by atoms with E-state index in [-0.39, 0.29) is 24.3 Å². The maximum atomic E-state index is 12.3. The van der Waals surface area contributed by atoms with E-state index >= 15 is 0 Å². The van der Waals surface area contributed by atoms with Crippen molar-refractivity contribution < 1.29 is 14.1 Å². The Labute approximate surface area is 118 Å². The number of carbonyl (C=O) groups is 2. The molecule has 1 aliphatic rings. The molecule has 0 aliphatic carbocycles. The average Bonchev–Trinajstić information content (AvgIpc) is 2.95. The summed E-state index contributed by atoms with van der Waals surface area (Å²) in [5, 5.41) is 6.95. The first-order chi connectivity index (χ1) is 9.56. The number of hydrogen-bond acceptors (Lipinski definition) is 5. The van der Waals surface area contributed by atoms with Crippen molar-refractivity contribution in [1.82, 2.24) is 15.4 Å². The number of carbonyl (C=O) groups excluding carboxylic acids is 2. The Kier molecular flexibility index (Phi) is 4.54. The van der Waals surface area contributed by atoms with Gasteiger partial charge in [-0.2, -0.15) is 0 Å². The molecule has 6 heteroatoms. The maximum absolute atomic E-state index is 12.3. The Morgan fingerprint density at radius 3 is 2.70 bits per heavy atom. The summed E-state index contributed by atoms with van der Waals surface area (Å²) in [7, 11) is 0. The van der Waals surface area contributed by atoms with Crippen molar-refractivity contribution >= 4 is 11.8 Å². The molecule has 20 heavy (non-hydrogen) atoms. The lowest BCUT2D eigenvalue weighted by Gasteiger charge is -2.24. The molecule has 1 aliphatic heterocycles. The first kappa shape index (κ1) is 14.7. The summed E-state index contributed by atoms with van der Waals surface area (Å²) in [6.07, 6.45) is 1.82. The number of likely N-dealkylation sites (tertiary alicyclic amines) is 1. The van der Waals surface area contributed by atoms with Crippen LogP contribution in [0.15, 0.2) is 10.6 Å². The van der Waals surface area contributed by atoms with E-state index in [1.807, 2.05) is 26.8 Å². The van der Waals surface area contributed by atoms with Crippen LogP contribution in [0.4, 0.5) is 0 Å². The summed E-state index contributed by atoms with van der Waals surface area (Å²) in [5.74, 6) is 0.524. The highest BCUT2D eigenvalue weighted by Crippen LogP contribution is 2.20. The zero-order valence-electron chi connectivity index (χ0n) is 12.2. The normalized spacial score (nSPS) is 19.4. The molecule has 1 aromatic rings. The Balaban J connectivity index is 1.97. The maximum Gasteiger partial charge on any atom is 0.247 e. The summed E-state index contributed by atoms with van der Waals surface area (Å²) >= 11 is 0. The number of imide groups is 1. The van der Waals surface area contributed by atoms with Crippen molar-refractivity contribution in [3.63, 3.8) is 0 Å². The predicted molar refractivity (Wildman–Crippen MR) is 72.7 cm³/mol. The minimum Gasteiger partial charge on any atom is -0.361 e. The quantitative estimate of drug-likeness (QED) is 0.796. The first-order valence-electron chi connectivity index (χ1n) is 7.08. The predicted octanol–water partition coefficient (Wildman–Crippen LogP) is 1.39. The molecule has 2 heterocycles. The molecular weight excluding hydrogens is 258 g/mol. The monoisotopic (exact) mass is 279 g/mol. The summed E-state index contributed by atoms with van der Waals surface area (Å²) < 4.78 is 4.97. The third kappa shape index (κ3) is 2.90. The van der Waals surface area contributed by atoms with Crippen LogP contribution in [0.3, 0.4) is 0 Å². The molecule has 110 valence electrons. The van der Waals surface area contributed by atoms with Crippen molar-refractivity contribution in [2.45, 2.75) is 58.7 Å². The Bertz CT molecular complexity index is 494. The van der Waals surface area contributed by atoms with Gasteiger partial charge in [-0.05, 0) is 19.8 Å². The molecule has 1 saturated heterocycles. The largest absolute Gasteiger partial charge is 0.361 e. The smallest absolute Gasteiger partial charge is 0.247 e. The fraction of sp³-hybridized carbons (Fsp3) is 0.643. The van der Waals surface area contributed by atoms with Gasteiger partial charge in [0.2, 0.25) is 11.8 Å². The number of amides is 2. The topological polar surface area (TPSA) is 75.4 Å². The minimum absolute atomic E-state index is 0.0103. The van der Waals surface area contributed by atoms with Crippen LogP contribution in [0.2, 0.25) is 0 Å². The molecule has 0 saturated carbocycles. The van der Waals surface area contributed by atoms with E-state index in [0.717, 1.165) is 24.3 Å². The number of nitrogens with zero attached hydrogens (tertiary/aromatic N) is 2. The van der Waals surface area contributed by atoms with E-state index in [2.05, 4.69) is 10.5 Å². The van der Waals surface area contributed by atoms with Crippen molar-refractivity contribution in [1.29, 1.82) is 0 Å². The molecule has 0 aromatic carbocycles. The highest BCUT2D eigenvalue weighted by molar-refractivity contribution is 6.05. The zero-order valence-corrected chi connectivity index (χ0v) is 12.2. The molecular formula is C14H21N3O3. The summed E-state index contributed by atoms with van der Waals surface area (Å²) in [5.41, 5.74) is 0.740. The SMILES string of the molecule is CCC(CC)N1C(=O)CC(NCc2cc(C)on2)C1=O. The van der Waals surface area contributed by atoms with Crippen LogP contribution in [0.5, 0.6) is 0 Å². The molecule has 1 unspecified atom stereocenters. The van der Waals surface area contributed by atoms with Gasteiger partial charge in [0, 0.05) is 18.7 Å². The molecule has 1 aromatic heterocycles. The van der Waals surface area contributed by atoms with Gasteiger partial charge in [0.05, 0.1) is 18.2 Å². The second-order valence-electron chi connectivity index (χ2n) is 5.14. The van der Waals surface area contributed by atoms with Crippen molar-refractivity contribution in [2.24, 2.45) is 0 Å². The molecule has 2 amide bonds. The van der Waals surface area contributed by atoms with Gasteiger partial charge in [0.15, 0.2) is 0 Å². The van der Waals surface area contributed by atoms with Crippen molar-refractivity contribution in [3.8, 4) is 0 Å². The van der Waals surface area contributed by atoms with Crippen LogP contribution >= 0.6 is 0 Å². The van der Waals surface area contributed by atoms with Gasteiger partial charge in [0.1, 0.15) is 5.76 Å². The lowest BCUT2D eigenvalue weighted by molar-refractivity contribution is -0.141. The van der Waals surface area contributed by atoms with Gasteiger partial charge in [0.25, 0.3) is 0 Å². The van der Waals surface area contributed by atoms with Gasteiger partial charge in [-0.3, -0.25) is 19.8 Å². The third-order valence-corrected chi connectivity index (χ3v) is 3.70. The molecule has 0 bridgehead atoms. The Morgan fingerprint density at radius 1 is 1.45 bits per heavy atom. The molecule has 1 fully saturated rings. The Hall–Kier alpha value is -1.69. The standard InChI is InChI=1S/C14H21N3O3/c1-4-11(5-2)17-13(18)7-12(14(17)19)15-8-10-6-9(3)20-16-10/h6,11-12,15H,4-5,7-8H2,1-3H3. The van der Waals surface area contributed by atoms with E-state index in [0.29, 0.717) is 6.54 Å². The number of hydrogen-bond donors (Lipinski definition) is 1. The number of rotatable bonds is 6. The van der Waals surface area contributed by atoms with E-state index in [9.17, 15) is 9.59 Å². The van der Waals surface area contributed by atoms with Crippen LogP contribution in [0.1, 0.15) is 44.6 Å². The van der Waals surface area contributed by atoms with Crippen molar-refractivity contribution in [2.75, 3.05) is 0 Å². The first-order valence-corrected chi connectivity index (χ1v) is 7.08. The van der Waals surface area contributed by atoms with E-state index < -0.39 is 6.04 Å². The molecule has 1 N–H and O–H groups in total. The average molecular weight is 279 g/mol. The number of aryl methyl sites for hydroxylation is 1. The van der Waals surface area contributed by atoms with E-state index in [1.165, 1.54) is 4.90 Å². The summed E-state index contributed by atoms with van der Waals surface area (Å²) in [6, 6.07) is 1.38. The highest BCUT2D eigenvalue weighted by Gasteiger charge is 2.41. The van der Waals surface area contributed by atoms with Crippen molar-refractivity contribution in [3.05, 3.63) is 17.5 Å². The second kappa shape index (κ2) is 6.17. The molecule has 0 spiro atoms. The van der Waals surface area contributed by atoms with Gasteiger partial charge in [-0.25, -0.2) is 0 Å². The molecule has 6 nitrogen and oxygen atoms in total. The van der Waals surface area contributed by atoms with Crippen LogP contribution in [-0.2, 0) is 16.1 Å². The summed E-state index contributed by atoms with van der Waals surface area (Å²) in [6.45, 7) is 6.23. The van der Waals surface area contributed by atoms with Gasteiger partial charge < -0.3 is 4.52 Å². The fourth-order valence-electron chi connectivity index (χ4n) is 2.58. The summed E-state index contributed by atoms with van der Waals surface area (Å²) in [4.78, 5) is 25.7. The molecule has 2 rings (SSSR count). The third-order valence-electron chi connectivity index (χ3n) is 3.70. The van der Waals surface area contributed by atoms with Crippen LogP contribution in [0, 0.1) is 6.92 Å². The number of aromatic nitrogens is 1. The number of nitrogens with one attached hydrogen (secondary N) is 1. The van der Waals surface area contributed by atoms with Crippen LogP contribution < -0.4 is 5.32 Å². The van der Waals surface area contributed by atoms with Crippen LogP contribution in [0.25, 0.3) is 0 Å². The zero-order chi connectivity index (χ0) is 14.7. The van der Waals surface area contributed by atoms with Gasteiger partial charge in [-0.15, -0.1) is 0 Å². The Morgan fingerprint density at radius 2 is 2.15 bits per heavy atom. The molecule has 0 radical (unpaired) electrons. The lowest BCUT2D eigenvalue weighted by atomic mass is 10.1. The fourth-order valence-corrected chi connectivity index (χ4v) is 2.58. The van der Waals surface area contributed by atoms with E-state index in [1.54, 1.807) is 0 Å². The van der Waals surface area contributed by atoms with Gasteiger partial charge in [-0.1, -0.05) is 19.0 Å².